The lowest BCUT2D eigenvalue weighted by Gasteiger charge is -2.26. The van der Waals surface area contributed by atoms with Crippen molar-refractivity contribution in [3.8, 4) is 0 Å². The van der Waals surface area contributed by atoms with Gasteiger partial charge in [-0.2, -0.15) is 4.31 Å². The lowest BCUT2D eigenvalue weighted by Crippen LogP contribution is -2.36. The zero-order valence-corrected chi connectivity index (χ0v) is 13.9. The van der Waals surface area contributed by atoms with E-state index in [0.29, 0.717) is 5.92 Å². The van der Waals surface area contributed by atoms with Crippen molar-refractivity contribution in [1.29, 1.82) is 0 Å². The molecule has 0 spiro atoms. The Morgan fingerprint density at radius 2 is 1.89 bits per heavy atom. The average Bonchev–Trinajstić information content (AvgIpc) is 2.26. The minimum Gasteiger partial charge on any atom is -0.207 e. The molecule has 6 heteroatoms. The Morgan fingerprint density at radius 1 is 1.32 bits per heavy atom. The van der Waals surface area contributed by atoms with E-state index in [4.69, 9.17) is 0 Å². The molecule has 0 fully saturated rings. The van der Waals surface area contributed by atoms with Crippen molar-refractivity contribution < 1.29 is 12.8 Å². The fraction of sp³-hybridized carbons (Fsp3) is 0.538. The van der Waals surface area contributed by atoms with Gasteiger partial charge in [-0.05, 0) is 53.4 Å². The minimum absolute atomic E-state index is 0.0898. The van der Waals surface area contributed by atoms with Crippen LogP contribution in [0.25, 0.3) is 0 Å². The standard InChI is InChI=1S/C13H19BrFNO2S/c1-9(2)7-10(3)16(4)19(17,18)13-6-5-11(15)8-12(13)14/h5-6,8-10H,7H2,1-4H3. The third-order valence-corrected chi connectivity index (χ3v) is 5.93. The van der Waals surface area contributed by atoms with Crippen molar-refractivity contribution in [1.82, 2.24) is 4.31 Å². The van der Waals surface area contributed by atoms with Crippen LogP contribution in [0.2, 0.25) is 0 Å². The Balaban J connectivity index is 3.09. The fourth-order valence-electron chi connectivity index (χ4n) is 1.91. The Hall–Kier alpha value is -0.460. The smallest absolute Gasteiger partial charge is 0.207 e. The second-order valence-electron chi connectivity index (χ2n) is 5.07. The van der Waals surface area contributed by atoms with Crippen LogP contribution in [0.1, 0.15) is 27.2 Å². The Labute approximate surface area is 123 Å². The van der Waals surface area contributed by atoms with Gasteiger partial charge in [-0.3, -0.25) is 0 Å². The van der Waals surface area contributed by atoms with Crippen LogP contribution >= 0.6 is 15.9 Å². The first-order chi connectivity index (χ1) is 8.66. The summed E-state index contributed by atoms with van der Waals surface area (Å²) >= 11 is 3.11. The van der Waals surface area contributed by atoms with Crippen molar-refractivity contribution in [3.05, 3.63) is 28.5 Å². The third-order valence-electron chi connectivity index (χ3n) is 2.98. The molecule has 0 aromatic heterocycles. The summed E-state index contributed by atoms with van der Waals surface area (Å²) in [6.45, 7) is 5.96. The van der Waals surface area contributed by atoms with E-state index >= 15 is 0 Å². The van der Waals surface area contributed by atoms with Gasteiger partial charge in [-0.25, -0.2) is 12.8 Å². The van der Waals surface area contributed by atoms with E-state index in [1.165, 1.54) is 10.4 Å². The van der Waals surface area contributed by atoms with Gasteiger partial charge >= 0.3 is 0 Å². The van der Waals surface area contributed by atoms with Crippen LogP contribution in [-0.2, 0) is 10.0 Å². The van der Waals surface area contributed by atoms with Gasteiger partial charge in [0.2, 0.25) is 10.0 Å². The Kier molecular flexibility index (Phi) is 5.53. The maximum Gasteiger partial charge on any atom is 0.244 e. The molecule has 0 aliphatic rings. The van der Waals surface area contributed by atoms with E-state index in [1.54, 1.807) is 7.05 Å². The maximum atomic E-state index is 13.0. The summed E-state index contributed by atoms with van der Waals surface area (Å²) in [6.07, 6.45) is 0.772. The summed E-state index contributed by atoms with van der Waals surface area (Å²) in [6, 6.07) is 3.49. The minimum atomic E-state index is -3.61. The van der Waals surface area contributed by atoms with Gasteiger partial charge in [-0.15, -0.1) is 0 Å². The number of benzene rings is 1. The molecular formula is C13H19BrFNO2S. The lowest BCUT2D eigenvalue weighted by molar-refractivity contribution is 0.337. The van der Waals surface area contributed by atoms with E-state index in [9.17, 15) is 12.8 Å². The highest BCUT2D eigenvalue weighted by atomic mass is 79.9. The maximum absolute atomic E-state index is 13.0. The Morgan fingerprint density at radius 3 is 2.37 bits per heavy atom. The highest BCUT2D eigenvalue weighted by Gasteiger charge is 2.27. The van der Waals surface area contributed by atoms with Gasteiger partial charge in [-0.1, -0.05) is 13.8 Å². The second kappa shape index (κ2) is 6.33. The van der Waals surface area contributed by atoms with Gasteiger partial charge in [0.1, 0.15) is 5.82 Å². The monoisotopic (exact) mass is 351 g/mol. The SMILES string of the molecule is CC(C)CC(C)N(C)S(=O)(=O)c1ccc(F)cc1Br. The number of halogens is 2. The molecule has 1 unspecified atom stereocenters. The highest BCUT2D eigenvalue weighted by Crippen LogP contribution is 2.27. The predicted octanol–water partition coefficient (Wildman–Crippen LogP) is 3.64. The normalized spacial score (nSPS) is 14.1. The molecule has 1 atom stereocenters. The van der Waals surface area contributed by atoms with E-state index in [0.717, 1.165) is 18.6 Å². The second-order valence-corrected chi connectivity index (χ2v) is 7.89. The van der Waals surface area contributed by atoms with Gasteiger partial charge in [0.25, 0.3) is 0 Å². The summed E-state index contributed by atoms with van der Waals surface area (Å²) < 4.78 is 39.5. The molecule has 0 saturated carbocycles. The molecule has 1 aromatic rings. The van der Waals surface area contributed by atoms with Gasteiger partial charge < -0.3 is 0 Å². The van der Waals surface area contributed by atoms with Crippen LogP contribution in [0, 0.1) is 11.7 Å². The van der Waals surface area contributed by atoms with Crippen molar-refractivity contribution in [2.24, 2.45) is 5.92 Å². The van der Waals surface area contributed by atoms with Crippen molar-refractivity contribution in [3.63, 3.8) is 0 Å². The molecule has 0 amide bonds. The lowest BCUT2D eigenvalue weighted by atomic mass is 10.1. The molecule has 0 aliphatic heterocycles. The van der Waals surface area contributed by atoms with Crippen molar-refractivity contribution >= 4 is 26.0 Å². The van der Waals surface area contributed by atoms with E-state index in [1.807, 2.05) is 20.8 Å². The summed E-state index contributed by atoms with van der Waals surface area (Å²) in [5, 5.41) is 0. The molecule has 3 nitrogen and oxygen atoms in total. The number of sulfonamides is 1. The number of nitrogens with zero attached hydrogens (tertiary/aromatic N) is 1. The molecule has 19 heavy (non-hydrogen) atoms. The zero-order chi connectivity index (χ0) is 14.8. The van der Waals surface area contributed by atoms with Crippen molar-refractivity contribution in [2.45, 2.75) is 38.1 Å². The first kappa shape index (κ1) is 16.6. The van der Waals surface area contributed by atoms with Gasteiger partial charge in [0.05, 0.1) is 4.90 Å². The summed E-state index contributed by atoms with van der Waals surface area (Å²) in [4.78, 5) is 0.0898. The van der Waals surface area contributed by atoms with Crippen LogP contribution < -0.4 is 0 Å². The number of rotatable bonds is 5. The highest BCUT2D eigenvalue weighted by molar-refractivity contribution is 9.10. The predicted molar refractivity (Wildman–Crippen MR) is 78.0 cm³/mol. The molecule has 0 heterocycles. The summed E-state index contributed by atoms with van der Waals surface area (Å²) in [5.74, 6) is -0.0620. The molecule has 1 rings (SSSR count). The van der Waals surface area contributed by atoms with Gasteiger partial charge in [0, 0.05) is 17.6 Å². The third kappa shape index (κ3) is 4.00. The van der Waals surface area contributed by atoms with Gasteiger partial charge in [0.15, 0.2) is 0 Å². The molecular weight excluding hydrogens is 333 g/mol. The number of hydrogen-bond donors (Lipinski definition) is 0. The fourth-order valence-corrected chi connectivity index (χ4v) is 4.29. The molecule has 0 radical (unpaired) electrons. The summed E-state index contributed by atoms with van der Waals surface area (Å²) in [7, 11) is -2.06. The first-order valence-electron chi connectivity index (χ1n) is 6.09. The zero-order valence-electron chi connectivity index (χ0n) is 11.5. The van der Waals surface area contributed by atoms with Crippen LogP contribution in [0.15, 0.2) is 27.6 Å². The topological polar surface area (TPSA) is 37.4 Å². The van der Waals surface area contributed by atoms with Crippen LogP contribution in [-0.4, -0.2) is 25.8 Å². The van der Waals surface area contributed by atoms with Crippen LogP contribution in [0.3, 0.4) is 0 Å². The summed E-state index contributed by atoms with van der Waals surface area (Å²) in [5.41, 5.74) is 0. The van der Waals surface area contributed by atoms with Crippen LogP contribution in [0.5, 0.6) is 0 Å². The van der Waals surface area contributed by atoms with Crippen LogP contribution in [0.4, 0.5) is 4.39 Å². The molecule has 0 N–H and O–H groups in total. The first-order valence-corrected chi connectivity index (χ1v) is 8.32. The number of hydrogen-bond acceptors (Lipinski definition) is 2. The molecule has 108 valence electrons. The average molecular weight is 352 g/mol. The molecule has 0 bridgehead atoms. The van der Waals surface area contributed by atoms with E-state index < -0.39 is 15.8 Å². The van der Waals surface area contributed by atoms with E-state index in [2.05, 4.69) is 15.9 Å². The molecule has 1 aromatic carbocycles. The molecule has 0 saturated heterocycles. The van der Waals surface area contributed by atoms with Crippen molar-refractivity contribution in [2.75, 3.05) is 7.05 Å². The Bertz CT molecular complexity index is 546. The van der Waals surface area contributed by atoms with E-state index in [-0.39, 0.29) is 15.4 Å². The largest absolute Gasteiger partial charge is 0.244 e. The quantitative estimate of drug-likeness (QED) is 0.811. The molecule has 0 aliphatic carbocycles.